The number of sulfonamides is 1. The minimum absolute atomic E-state index is 0.0618. The predicted molar refractivity (Wildman–Crippen MR) is 139 cm³/mol. The van der Waals surface area contributed by atoms with Crippen LogP contribution < -0.4 is 0 Å². The Morgan fingerprint density at radius 2 is 1.69 bits per heavy atom. The molecule has 0 aromatic heterocycles. The van der Waals surface area contributed by atoms with E-state index in [2.05, 4.69) is 29.2 Å². The number of carbonyl (C=O) groups is 1. The molecule has 2 aromatic carbocycles. The first-order valence-corrected chi connectivity index (χ1v) is 14.7. The molecule has 194 valence electrons. The van der Waals surface area contributed by atoms with Gasteiger partial charge in [-0.2, -0.15) is 4.31 Å². The minimum atomic E-state index is -3.73. The van der Waals surface area contributed by atoms with E-state index in [9.17, 15) is 13.2 Å². The third-order valence-corrected chi connectivity index (χ3v) is 10.1. The molecule has 2 saturated heterocycles. The molecule has 5 rings (SSSR count). The van der Waals surface area contributed by atoms with E-state index < -0.39 is 10.0 Å². The van der Waals surface area contributed by atoms with Gasteiger partial charge in [-0.05, 0) is 68.0 Å². The molecule has 9 heteroatoms. The van der Waals surface area contributed by atoms with E-state index in [0.29, 0.717) is 30.6 Å². The summed E-state index contributed by atoms with van der Waals surface area (Å²) in [5.41, 5.74) is 2.73. The quantitative estimate of drug-likeness (QED) is 0.549. The van der Waals surface area contributed by atoms with Gasteiger partial charge in [0.15, 0.2) is 0 Å². The van der Waals surface area contributed by atoms with Crippen LogP contribution in [0.5, 0.6) is 0 Å². The molecule has 0 spiro atoms. The molecule has 2 aromatic rings. The summed E-state index contributed by atoms with van der Waals surface area (Å²) in [5.74, 6) is 0. The summed E-state index contributed by atoms with van der Waals surface area (Å²) >= 11 is 5.96. The number of carbonyl (C=O) groups excluding carboxylic acids is 1. The summed E-state index contributed by atoms with van der Waals surface area (Å²) in [4.78, 5) is 17.5. The molecule has 3 aliphatic heterocycles. The Hall–Kier alpha value is -2.13. The molecule has 1 amide bonds. The van der Waals surface area contributed by atoms with Gasteiger partial charge in [0.25, 0.3) is 0 Å². The summed E-state index contributed by atoms with van der Waals surface area (Å²) in [6, 6.07) is 14.5. The third-order valence-electron chi connectivity index (χ3n) is 7.78. The smallest absolute Gasteiger partial charge is 0.409 e. The van der Waals surface area contributed by atoms with Crippen molar-refractivity contribution in [2.45, 2.75) is 75.1 Å². The van der Waals surface area contributed by atoms with Crippen molar-refractivity contribution in [2.75, 3.05) is 19.7 Å². The number of rotatable bonds is 5. The Kier molecular flexibility index (Phi) is 7.58. The maximum Gasteiger partial charge on any atom is 0.409 e. The van der Waals surface area contributed by atoms with Gasteiger partial charge in [-0.25, -0.2) is 13.2 Å². The van der Waals surface area contributed by atoms with Crippen LogP contribution in [-0.2, 0) is 27.8 Å². The van der Waals surface area contributed by atoms with Crippen molar-refractivity contribution in [3.63, 3.8) is 0 Å². The molecule has 0 radical (unpaired) electrons. The predicted octanol–water partition coefficient (Wildman–Crippen LogP) is 4.89. The molecule has 3 heterocycles. The van der Waals surface area contributed by atoms with Crippen molar-refractivity contribution in [3.8, 4) is 0 Å². The van der Waals surface area contributed by atoms with Gasteiger partial charge in [-0.1, -0.05) is 42.3 Å². The van der Waals surface area contributed by atoms with Crippen molar-refractivity contribution >= 4 is 27.7 Å². The van der Waals surface area contributed by atoms with E-state index in [4.69, 9.17) is 16.3 Å². The second-order valence-electron chi connectivity index (χ2n) is 10.2. The highest BCUT2D eigenvalue weighted by atomic mass is 35.5. The van der Waals surface area contributed by atoms with Gasteiger partial charge in [0.05, 0.1) is 10.9 Å². The lowest BCUT2D eigenvalue weighted by atomic mass is 10.0. The molecule has 36 heavy (non-hydrogen) atoms. The molecule has 0 bridgehead atoms. The van der Waals surface area contributed by atoms with Crippen LogP contribution in [0.2, 0.25) is 5.02 Å². The summed E-state index contributed by atoms with van der Waals surface area (Å²) in [6.45, 7) is 5.13. The lowest BCUT2D eigenvalue weighted by Crippen LogP contribution is -2.52. The zero-order chi connectivity index (χ0) is 25.3. The Bertz CT molecular complexity index is 1160. The fraction of sp³-hybridized carbons (Fsp3) is 0.519. The zero-order valence-corrected chi connectivity index (χ0v) is 22.3. The van der Waals surface area contributed by atoms with Crippen LogP contribution in [-0.4, -0.2) is 66.4 Å². The molecule has 3 aliphatic rings. The maximum atomic E-state index is 13.5. The summed E-state index contributed by atoms with van der Waals surface area (Å²) in [5, 5.41) is 0.490. The maximum absolute atomic E-state index is 13.5. The van der Waals surface area contributed by atoms with E-state index in [1.54, 1.807) is 17.0 Å². The molecule has 1 unspecified atom stereocenters. The van der Waals surface area contributed by atoms with E-state index >= 15 is 0 Å². The number of amides is 1. The third kappa shape index (κ3) is 5.28. The Balaban J connectivity index is 1.21. The highest BCUT2D eigenvalue weighted by Crippen LogP contribution is 2.31. The van der Waals surface area contributed by atoms with Crippen molar-refractivity contribution in [3.05, 3.63) is 64.7 Å². The fourth-order valence-corrected chi connectivity index (χ4v) is 7.86. The Morgan fingerprint density at radius 1 is 1.00 bits per heavy atom. The largest absolute Gasteiger partial charge is 0.448 e. The number of piperidine rings is 2. The minimum Gasteiger partial charge on any atom is -0.448 e. The average molecular weight is 532 g/mol. The molecule has 7 nitrogen and oxygen atoms in total. The van der Waals surface area contributed by atoms with Gasteiger partial charge < -0.3 is 9.64 Å². The number of hydrogen-bond acceptors (Lipinski definition) is 5. The first-order chi connectivity index (χ1) is 17.3. The molecular weight excluding hydrogens is 498 g/mol. The van der Waals surface area contributed by atoms with Crippen LogP contribution >= 0.6 is 11.6 Å². The normalized spacial score (nSPS) is 25.5. The van der Waals surface area contributed by atoms with Crippen molar-refractivity contribution < 1.29 is 17.9 Å². The summed E-state index contributed by atoms with van der Waals surface area (Å²) < 4.78 is 34.3. The topological polar surface area (TPSA) is 70.2 Å². The van der Waals surface area contributed by atoms with Gasteiger partial charge in [0.2, 0.25) is 10.0 Å². The van der Waals surface area contributed by atoms with Crippen LogP contribution in [0.4, 0.5) is 4.79 Å². The lowest BCUT2D eigenvalue weighted by molar-refractivity contribution is 0.0435. The van der Waals surface area contributed by atoms with Crippen molar-refractivity contribution in [2.24, 2.45) is 0 Å². The number of likely N-dealkylation sites (tertiary alicyclic amines) is 1. The van der Waals surface area contributed by atoms with Crippen LogP contribution in [0, 0.1) is 0 Å². The SMILES string of the molecule is C[C@@H]1CCC[C@H](COC(=O)N2CCCC(N3Cc4ccccc4C3)C2)N1S(=O)(=O)c1ccc(Cl)cc1. The number of fused-ring (bicyclic) bond motifs is 1. The van der Waals surface area contributed by atoms with Crippen LogP contribution in [0.1, 0.15) is 50.2 Å². The monoisotopic (exact) mass is 531 g/mol. The van der Waals surface area contributed by atoms with Gasteiger partial charge in [0.1, 0.15) is 6.61 Å². The van der Waals surface area contributed by atoms with Crippen LogP contribution in [0.25, 0.3) is 0 Å². The standard InChI is InChI=1S/C27H34ClN3O4S/c1-20-6-4-9-25(31(20)36(33,34)26-13-11-23(28)12-14-26)19-35-27(32)29-15-5-10-24(18-29)30-16-21-7-2-3-8-22(21)17-30/h2-3,7-8,11-14,20,24-25H,4-6,9-10,15-19H2,1H3/t20-,24?,25-/m1/s1. The lowest BCUT2D eigenvalue weighted by Gasteiger charge is -2.40. The number of benzene rings is 2. The summed E-state index contributed by atoms with van der Waals surface area (Å²) in [6.07, 6.45) is 3.99. The Labute approximate surface area is 219 Å². The van der Waals surface area contributed by atoms with Gasteiger partial charge in [-0.3, -0.25) is 4.90 Å². The molecule has 0 N–H and O–H groups in total. The first-order valence-electron chi connectivity index (χ1n) is 12.8. The number of hydrogen-bond donors (Lipinski definition) is 0. The second kappa shape index (κ2) is 10.7. The van der Waals surface area contributed by atoms with Crippen LogP contribution in [0.15, 0.2) is 53.4 Å². The highest BCUT2D eigenvalue weighted by molar-refractivity contribution is 7.89. The van der Waals surface area contributed by atoms with Crippen molar-refractivity contribution in [1.29, 1.82) is 0 Å². The van der Waals surface area contributed by atoms with Gasteiger partial charge >= 0.3 is 6.09 Å². The molecule has 0 aliphatic carbocycles. The Morgan fingerprint density at radius 3 is 2.39 bits per heavy atom. The van der Waals surface area contributed by atoms with Crippen molar-refractivity contribution in [1.82, 2.24) is 14.1 Å². The molecule has 3 atom stereocenters. The van der Waals surface area contributed by atoms with Gasteiger partial charge in [0, 0.05) is 43.3 Å². The average Bonchev–Trinajstić information content (AvgIpc) is 3.32. The first kappa shape index (κ1) is 25.5. The fourth-order valence-electron chi connectivity index (χ4n) is 5.88. The second-order valence-corrected chi connectivity index (χ2v) is 12.5. The highest BCUT2D eigenvalue weighted by Gasteiger charge is 2.39. The molecular formula is C27H34ClN3O4S. The number of nitrogens with zero attached hydrogens (tertiary/aromatic N) is 3. The molecule has 2 fully saturated rings. The number of halogens is 1. The van der Waals surface area contributed by atoms with E-state index in [1.807, 2.05) is 6.92 Å². The molecule has 0 saturated carbocycles. The zero-order valence-electron chi connectivity index (χ0n) is 20.7. The van der Waals surface area contributed by atoms with E-state index in [-0.39, 0.29) is 29.7 Å². The number of ether oxygens (including phenoxy) is 1. The van der Waals surface area contributed by atoms with Crippen LogP contribution in [0.3, 0.4) is 0 Å². The van der Waals surface area contributed by atoms with Gasteiger partial charge in [-0.15, -0.1) is 0 Å². The van der Waals surface area contributed by atoms with E-state index in [0.717, 1.165) is 38.8 Å². The summed E-state index contributed by atoms with van der Waals surface area (Å²) in [7, 11) is -3.73. The van der Waals surface area contributed by atoms with E-state index in [1.165, 1.54) is 27.6 Å².